The highest BCUT2D eigenvalue weighted by atomic mass is 32.2. The fourth-order valence-corrected chi connectivity index (χ4v) is 4.98. The Kier molecular flexibility index (Phi) is 7.36. The van der Waals surface area contributed by atoms with Crippen LogP contribution in [0.4, 0.5) is 0 Å². The third kappa shape index (κ3) is 6.22. The van der Waals surface area contributed by atoms with E-state index in [2.05, 4.69) is 10.3 Å². The highest BCUT2D eigenvalue weighted by molar-refractivity contribution is 7.89. The molecule has 0 bridgehead atoms. The van der Waals surface area contributed by atoms with Crippen molar-refractivity contribution in [1.29, 1.82) is 0 Å². The van der Waals surface area contributed by atoms with E-state index in [1.165, 1.54) is 16.6 Å². The maximum atomic E-state index is 13.0. The average Bonchev–Trinajstić information content (AvgIpc) is 2.76. The predicted molar refractivity (Wildman–Crippen MR) is 107 cm³/mol. The van der Waals surface area contributed by atoms with E-state index in [0.717, 1.165) is 0 Å². The predicted octanol–water partition coefficient (Wildman–Crippen LogP) is 0.250. The fraction of sp³-hybridized carbons (Fsp3) is 0.632. The molecule has 10 heteroatoms. The minimum absolute atomic E-state index is 0.0778. The number of pyridine rings is 1. The first-order chi connectivity index (χ1) is 13.4. The van der Waals surface area contributed by atoms with Gasteiger partial charge >= 0.3 is 0 Å². The molecule has 0 spiro atoms. The summed E-state index contributed by atoms with van der Waals surface area (Å²) in [5, 5.41) is 13.4. The number of hydrogen-bond acceptors (Lipinski definition) is 6. The van der Waals surface area contributed by atoms with Crippen LogP contribution in [0.3, 0.4) is 0 Å². The van der Waals surface area contributed by atoms with Crippen LogP contribution in [-0.2, 0) is 19.6 Å². The van der Waals surface area contributed by atoms with Gasteiger partial charge in [-0.05, 0) is 30.4 Å². The molecule has 29 heavy (non-hydrogen) atoms. The van der Waals surface area contributed by atoms with E-state index in [1.54, 1.807) is 19.1 Å². The number of aliphatic hydroxyl groups excluding tert-OH is 1. The smallest absolute Gasteiger partial charge is 0.260 e. The van der Waals surface area contributed by atoms with Crippen molar-refractivity contribution in [2.75, 3.05) is 13.1 Å². The lowest BCUT2D eigenvalue weighted by Gasteiger charge is -2.29. The van der Waals surface area contributed by atoms with Gasteiger partial charge in [-0.3, -0.25) is 9.59 Å². The summed E-state index contributed by atoms with van der Waals surface area (Å²) < 4.78 is 27.2. The number of β-amino-alcohol motifs (C(OH)–C–C–N with tert-alkyl or cyclic N) is 1. The van der Waals surface area contributed by atoms with Crippen molar-refractivity contribution in [3.63, 3.8) is 0 Å². The maximum absolute atomic E-state index is 13.0. The number of aliphatic hydroxyl groups is 1. The first-order valence-corrected chi connectivity index (χ1v) is 11.0. The number of nitrogens with zero attached hydrogens (tertiary/aromatic N) is 2. The van der Waals surface area contributed by atoms with E-state index < -0.39 is 39.4 Å². The number of sulfonamides is 1. The second-order valence-electron chi connectivity index (χ2n) is 8.42. The SMILES string of the molecule is CC(CCC(=O)NC1CC(C)(C)CN(S(=O)(=O)c2ccccn2)C[C@@H]1O)C(N)=O. The van der Waals surface area contributed by atoms with Crippen molar-refractivity contribution >= 4 is 21.8 Å². The Morgan fingerprint density at radius 2 is 2.10 bits per heavy atom. The van der Waals surface area contributed by atoms with Crippen molar-refractivity contribution in [1.82, 2.24) is 14.6 Å². The molecule has 2 amide bonds. The molecule has 1 aliphatic rings. The lowest BCUT2D eigenvalue weighted by atomic mass is 9.85. The molecule has 0 radical (unpaired) electrons. The van der Waals surface area contributed by atoms with Crippen LogP contribution in [0, 0.1) is 11.3 Å². The Morgan fingerprint density at radius 3 is 2.69 bits per heavy atom. The average molecular weight is 427 g/mol. The molecule has 4 N–H and O–H groups in total. The number of primary amides is 1. The molecular weight excluding hydrogens is 396 g/mol. The minimum atomic E-state index is -3.87. The quantitative estimate of drug-likeness (QED) is 0.570. The van der Waals surface area contributed by atoms with Crippen LogP contribution in [0.15, 0.2) is 29.4 Å². The van der Waals surface area contributed by atoms with Crippen LogP contribution in [-0.4, -0.2) is 59.9 Å². The third-order valence-electron chi connectivity index (χ3n) is 5.11. The van der Waals surface area contributed by atoms with Crippen LogP contribution < -0.4 is 11.1 Å². The second-order valence-corrected chi connectivity index (χ2v) is 10.3. The minimum Gasteiger partial charge on any atom is -0.390 e. The van der Waals surface area contributed by atoms with Gasteiger partial charge in [0, 0.05) is 31.6 Å². The molecule has 1 saturated heterocycles. The largest absolute Gasteiger partial charge is 0.390 e. The van der Waals surface area contributed by atoms with Gasteiger partial charge in [0.05, 0.1) is 12.1 Å². The van der Waals surface area contributed by atoms with Gasteiger partial charge in [0.15, 0.2) is 5.03 Å². The maximum Gasteiger partial charge on any atom is 0.260 e. The Morgan fingerprint density at radius 1 is 1.41 bits per heavy atom. The van der Waals surface area contributed by atoms with Crippen molar-refractivity contribution in [2.45, 2.75) is 57.2 Å². The summed E-state index contributed by atoms with van der Waals surface area (Å²) in [4.78, 5) is 27.3. The summed E-state index contributed by atoms with van der Waals surface area (Å²) in [6, 6.07) is 4.03. The van der Waals surface area contributed by atoms with Crippen molar-refractivity contribution in [3.8, 4) is 0 Å². The molecule has 9 nitrogen and oxygen atoms in total. The van der Waals surface area contributed by atoms with Gasteiger partial charge in [-0.1, -0.05) is 26.8 Å². The van der Waals surface area contributed by atoms with Crippen LogP contribution >= 0.6 is 0 Å². The normalized spacial score (nSPS) is 23.7. The van der Waals surface area contributed by atoms with E-state index in [0.29, 0.717) is 12.8 Å². The molecule has 1 aromatic rings. The number of carbonyl (C=O) groups is 2. The van der Waals surface area contributed by atoms with E-state index in [4.69, 9.17) is 5.73 Å². The second kappa shape index (κ2) is 9.19. The topological polar surface area (TPSA) is 143 Å². The fourth-order valence-electron chi connectivity index (χ4n) is 3.40. The molecule has 2 rings (SSSR count). The molecule has 2 heterocycles. The summed E-state index contributed by atoms with van der Waals surface area (Å²) in [5.41, 5.74) is 4.72. The molecule has 162 valence electrons. The Hall–Kier alpha value is -2.04. The first-order valence-electron chi connectivity index (χ1n) is 9.60. The summed E-state index contributed by atoms with van der Waals surface area (Å²) in [5.74, 6) is -1.20. The number of amides is 2. The molecule has 1 fully saturated rings. The van der Waals surface area contributed by atoms with Gasteiger partial charge in [-0.2, -0.15) is 4.31 Å². The summed E-state index contributed by atoms with van der Waals surface area (Å²) >= 11 is 0. The molecule has 0 aliphatic carbocycles. The Bertz CT molecular complexity index is 828. The monoisotopic (exact) mass is 426 g/mol. The van der Waals surface area contributed by atoms with Crippen molar-refractivity contribution in [3.05, 3.63) is 24.4 Å². The third-order valence-corrected chi connectivity index (χ3v) is 6.84. The highest BCUT2D eigenvalue weighted by Crippen LogP contribution is 2.31. The van der Waals surface area contributed by atoms with Gasteiger partial charge in [0.1, 0.15) is 0 Å². The van der Waals surface area contributed by atoms with E-state index in [9.17, 15) is 23.1 Å². The number of rotatable bonds is 7. The lowest BCUT2D eigenvalue weighted by molar-refractivity contribution is -0.124. The molecule has 2 unspecified atom stereocenters. The van der Waals surface area contributed by atoms with Gasteiger partial charge in [0.25, 0.3) is 10.0 Å². The van der Waals surface area contributed by atoms with E-state index in [1.807, 2.05) is 13.8 Å². The molecule has 0 saturated carbocycles. The summed E-state index contributed by atoms with van der Waals surface area (Å²) in [7, 11) is -3.87. The molecule has 3 atom stereocenters. The zero-order chi connectivity index (χ0) is 21.8. The van der Waals surface area contributed by atoms with Crippen LogP contribution in [0.1, 0.15) is 40.0 Å². The number of nitrogens with one attached hydrogen (secondary N) is 1. The summed E-state index contributed by atoms with van der Waals surface area (Å²) in [6.07, 6.45) is 1.15. The van der Waals surface area contributed by atoms with E-state index >= 15 is 0 Å². The van der Waals surface area contributed by atoms with Gasteiger partial charge < -0.3 is 16.2 Å². The Labute approximate surface area is 171 Å². The van der Waals surface area contributed by atoms with Gasteiger partial charge in [-0.25, -0.2) is 13.4 Å². The van der Waals surface area contributed by atoms with Crippen molar-refractivity contribution < 1.29 is 23.1 Å². The zero-order valence-electron chi connectivity index (χ0n) is 17.0. The van der Waals surface area contributed by atoms with Gasteiger partial charge in [-0.15, -0.1) is 0 Å². The number of carbonyl (C=O) groups excluding carboxylic acids is 2. The Balaban J connectivity index is 2.12. The van der Waals surface area contributed by atoms with Crippen LogP contribution in [0.5, 0.6) is 0 Å². The molecular formula is C19H30N4O5S. The molecule has 1 aromatic heterocycles. The number of nitrogens with two attached hydrogens (primary N) is 1. The molecule has 0 aromatic carbocycles. The van der Waals surface area contributed by atoms with Gasteiger partial charge in [0.2, 0.25) is 11.8 Å². The number of aromatic nitrogens is 1. The first kappa shape index (κ1) is 23.2. The van der Waals surface area contributed by atoms with Crippen LogP contribution in [0.25, 0.3) is 0 Å². The van der Waals surface area contributed by atoms with Crippen LogP contribution in [0.2, 0.25) is 0 Å². The standard InChI is InChI=1S/C19H30N4O5S/c1-13(18(20)26)7-8-16(25)22-14-10-19(2,3)12-23(11-15(14)24)29(27,28)17-6-4-5-9-21-17/h4-6,9,13-15,24H,7-8,10-12H2,1-3H3,(H2,20,26)(H,22,25)/t13?,14?,15-/m0/s1. The zero-order valence-corrected chi connectivity index (χ0v) is 17.9. The summed E-state index contributed by atoms with van der Waals surface area (Å²) in [6.45, 7) is 5.47. The number of hydrogen-bond donors (Lipinski definition) is 3. The van der Waals surface area contributed by atoms with E-state index in [-0.39, 0.29) is 30.4 Å². The van der Waals surface area contributed by atoms with Crippen molar-refractivity contribution in [2.24, 2.45) is 17.1 Å². The highest BCUT2D eigenvalue weighted by Gasteiger charge is 2.40. The lowest BCUT2D eigenvalue weighted by Crippen LogP contribution is -2.47. The molecule has 1 aliphatic heterocycles.